The lowest BCUT2D eigenvalue weighted by molar-refractivity contribution is -0.385. The lowest BCUT2D eigenvalue weighted by atomic mass is 10.0. The van der Waals surface area contributed by atoms with Crippen molar-refractivity contribution in [3.05, 3.63) is 56.8 Å². The molecule has 0 aliphatic carbocycles. The van der Waals surface area contributed by atoms with Crippen LogP contribution in [0.15, 0.2) is 36.5 Å². The number of rotatable bonds is 2. The Morgan fingerprint density at radius 2 is 1.67 bits per heavy atom. The zero-order valence-electron chi connectivity index (χ0n) is 10.4. The Balaban J connectivity index is 2.53. The fourth-order valence-corrected chi connectivity index (χ4v) is 2.29. The molecule has 2 aromatic carbocycles. The summed E-state index contributed by atoms with van der Waals surface area (Å²) in [7, 11) is 0. The minimum Gasteiger partial charge on any atom is -0.502 e. The van der Waals surface area contributed by atoms with Gasteiger partial charge in [-0.3, -0.25) is 25.2 Å². The van der Waals surface area contributed by atoms with Gasteiger partial charge in [-0.05, 0) is 6.07 Å². The molecule has 3 rings (SSSR count). The molecule has 8 nitrogen and oxygen atoms in total. The summed E-state index contributed by atoms with van der Waals surface area (Å²) in [6.07, 6.45) is 1.32. The van der Waals surface area contributed by atoms with E-state index in [1.165, 1.54) is 24.4 Å². The SMILES string of the molecule is O=[N+]([O-])c1ccc2ncc3c([N+](=O)[O-])cccc3c2c1O. The summed E-state index contributed by atoms with van der Waals surface area (Å²) < 4.78 is 0. The molecular weight excluding hydrogens is 278 g/mol. The lowest BCUT2D eigenvalue weighted by Crippen LogP contribution is -1.93. The third-order valence-corrected chi connectivity index (χ3v) is 3.21. The molecule has 0 bridgehead atoms. The van der Waals surface area contributed by atoms with Crippen LogP contribution in [0.25, 0.3) is 21.7 Å². The number of phenolic OH excluding ortho intramolecular Hbond substituents is 1. The number of phenols is 1. The van der Waals surface area contributed by atoms with Crippen LogP contribution < -0.4 is 0 Å². The van der Waals surface area contributed by atoms with Crippen LogP contribution in [-0.4, -0.2) is 19.9 Å². The zero-order chi connectivity index (χ0) is 15.1. The van der Waals surface area contributed by atoms with Crippen molar-refractivity contribution < 1.29 is 15.0 Å². The van der Waals surface area contributed by atoms with Crippen LogP contribution in [0.3, 0.4) is 0 Å². The van der Waals surface area contributed by atoms with Gasteiger partial charge in [-0.2, -0.15) is 0 Å². The molecule has 0 aliphatic rings. The third kappa shape index (κ3) is 1.81. The first kappa shape index (κ1) is 12.7. The van der Waals surface area contributed by atoms with Gasteiger partial charge in [-0.25, -0.2) is 0 Å². The Morgan fingerprint density at radius 1 is 0.952 bits per heavy atom. The average molecular weight is 285 g/mol. The quantitative estimate of drug-likeness (QED) is 0.439. The number of benzene rings is 2. The molecule has 8 heteroatoms. The van der Waals surface area contributed by atoms with E-state index in [0.717, 1.165) is 6.07 Å². The lowest BCUT2D eigenvalue weighted by Gasteiger charge is -2.06. The summed E-state index contributed by atoms with van der Waals surface area (Å²) in [5.74, 6) is -0.545. The molecule has 0 atom stereocenters. The number of nitro groups is 2. The number of pyridine rings is 1. The first-order valence-corrected chi connectivity index (χ1v) is 5.83. The summed E-state index contributed by atoms with van der Waals surface area (Å²) in [5.41, 5.74) is -0.317. The Bertz CT molecular complexity index is 922. The van der Waals surface area contributed by atoms with Gasteiger partial charge in [0.15, 0.2) is 0 Å². The number of aromatic nitrogens is 1. The highest BCUT2D eigenvalue weighted by Crippen LogP contribution is 2.39. The molecule has 0 radical (unpaired) electrons. The topological polar surface area (TPSA) is 119 Å². The van der Waals surface area contributed by atoms with Gasteiger partial charge in [0.2, 0.25) is 5.75 Å². The van der Waals surface area contributed by atoms with Crippen molar-refractivity contribution in [2.75, 3.05) is 0 Å². The van der Waals surface area contributed by atoms with E-state index in [2.05, 4.69) is 4.98 Å². The summed E-state index contributed by atoms with van der Waals surface area (Å²) in [4.78, 5) is 24.7. The standard InChI is InChI=1S/C13H7N3O5/c17-13-11(16(20)21)5-4-9-12(13)7-2-1-3-10(15(18)19)8(7)6-14-9/h1-6,17H. The molecule has 1 N–H and O–H groups in total. The fraction of sp³-hybridized carbons (Fsp3) is 0. The van der Waals surface area contributed by atoms with Gasteiger partial charge < -0.3 is 5.11 Å². The Labute approximate surface area is 116 Å². The smallest absolute Gasteiger partial charge is 0.311 e. The first-order chi connectivity index (χ1) is 10.0. The van der Waals surface area contributed by atoms with Crippen LogP contribution in [0.2, 0.25) is 0 Å². The second kappa shape index (κ2) is 4.37. The van der Waals surface area contributed by atoms with Gasteiger partial charge in [0.25, 0.3) is 5.69 Å². The zero-order valence-corrected chi connectivity index (χ0v) is 10.4. The fourth-order valence-electron chi connectivity index (χ4n) is 2.29. The van der Waals surface area contributed by atoms with Crippen molar-refractivity contribution in [2.45, 2.75) is 0 Å². The van der Waals surface area contributed by atoms with E-state index in [-0.39, 0.29) is 16.5 Å². The van der Waals surface area contributed by atoms with Crippen molar-refractivity contribution in [1.82, 2.24) is 4.98 Å². The summed E-state index contributed by atoms with van der Waals surface area (Å²) >= 11 is 0. The minimum absolute atomic E-state index is 0.130. The first-order valence-electron chi connectivity index (χ1n) is 5.83. The Morgan fingerprint density at radius 3 is 2.33 bits per heavy atom. The van der Waals surface area contributed by atoms with Crippen LogP contribution >= 0.6 is 0 Å². The number of fused-ring (bicyclic) bond motifs is 3. The number of hydrogen-bond donors (Lipinski definition) is 1. The third-order valence-electron chi connectivity index (χ3n) is 3.21. The van der Waals surface area contributed by atoms with E-state index >= 15 is 0 Å². The van der Waals surface area contributed by atoms with Gasteiger partial charge >= 0.3 is 5.69 Å². The summed E-state index contributed by atoms with van der Waals surface area (Å²) in [6, 6.07) is 6.86. The number of aromatic hydroxyl groups is 1. The van der Waals surface area contributed by atoms with E-state index in [0.29, 0.717) is 10.9 Å². The predicted octanol–water partition coefficient (Wildman–Crippen LogP) is 2.91. The minimum atomic E-state index is -0.717. The Hall–Kier alpha value is -3.29. The van der Waals surface area contributed by atoms with E-state index in [4.69, 9.17) is 0 Å². The number of non-ortho nitro benzene ring substituents is 1. The van der Waals surface area contributed by atoms with E-state index < -0.39 is 21.3 Å². The number of nitro benzene ring substituents is 2. The molecule has 1 heterocycles. The van der Waals surface area contributed by atoms with Crippen molar-refractivity contribution in [3.63, 3.8) is 0 Å². The molecule has 0 amide bonds. The Kier molecular flexibility index (Phi) is 2.65. The molecule has 0 fully saturated rings. The summed E-state index contributed by atoms with van der Waals surface area (Å²) in [5, 5.41) is 32.7. The van der Waals surface area contributed by atoms with Crippen LogP contribution in [0, 0.1) is 20.2 Å². The van der Waals surface area contributed by atoms with Crippen LogP contribution in [0.5, 0.6) is 5.75 Å². The van der Waals surface area contributed by atoms with Gasteiger partial charge in [0.05, 0.1) is 26.1 Å². The molecule has 0 aliphatic heterocycles. The van der Waals surface area contributed by atoms with Crippen molar-refractivity contribution >= 4 is 33.1 Å². The van der Waals surface area contributed by atoms with Gasteiger partial charge in [-0.1, -0.05) is 12.1 Å². The molecule has 0 saturated heterocycles. The van der Waals surface area contributed by atoms with Gasteiger partial charge in [0.1, 0.15) is 0 Å². The second-order valence-electron chi connectivity index (χ2n) is 4.34. The van der Waals surface area contributed by atoms with E-state index in [1.54, 1.807) is 6.07 Å². The van der Waals surface area contributed by atoms with Crippen LogP contribution in [-0.2, 0) is 0 Å². The molecule has 1 aromatic heterocycles. The maximum Gasteiger partial charge on any atom is 0.311 e. The highest BCUT2D eigenvalue weighted by Gasteiger charge is 2.21. The molecule has 21 heavy (non-hydrogen) atoms. The molecule has 104 valence electrons. The van der Waals surface area contributed by atoms with Crippen molar-refractivity contribution in [2.24, 2.45) is 0 Å². The maximum absolute atomic E-state index is 11.0. The molecule has 0 unspecified atom stereocenters. The van der Waals surface area contributed by atoms with E-state index in [1.807, 2.05) is 0 Å². The molecule has 0 saturated carbocycles. The predicted molar refractivity (Wildman–Crippen MR) is 74.2 cm³/mol. The molecule has 0 spiro atoms. The second-order valence-corrected chi connectivity index (χ2v) is 4.34. The number of nitrogens with zero attached hydrogens (tertiary/aromatic N) is 3. The number of hydrogen-bond acceptors (Lipinski definition) is 6. The normalized spacial score (nSPS) is 10.9. The van der Waals surface area contributed by atoms with E-state index in [9.17, 15) is 25.3 Å². The monoisotopic (exact) mass is 285 g/mol. The maximum atomic E-state index is 11.0. The largest absolute Gasteiger partial charge is 0.502 e. The van der Waals surface area contributed by atoms with Crippen molar-refractivity contribution in [1.29, 1.82) is 0 Å². The molecular formula is C13H7N3O5. The molecule has 3 aromatic rings. The van der Waals surface area contributed by atoms with Crippen LogP contribution in [0.4, 0.5) is 11.4 Å². The van der Waals surface area contributed by atoms with Gasteiger partial charge in [-0.15, -0.1) is 0 Å². The van der Waals surface area contributed by atoms with Gasteiger partial charge in [0, 0.05) is 23.7 Å². The highest BCUT2D eigenvalue weighted by atomic mass is 16.6. The van der Waals surface area contributed by atoms with Crippen LogP contribution in [0.1, 0.15) is 0 Å². The summed E-state index contributed by atoms with van der Waals surface area (Å²) in [6.45, 7) is 0. The average Bonchev–Trinajstić information content (AvgIpc) is 2.45. The highest BCUT2D eigenvalue weighted by molar-refractivity contribution is 6.12. The van der Waals surface area contributed by atoms with Crippen molar-refractivity contribution in [3.8, 4) is 5.75 Å².